The molecule has 1 aromatic rings. The molecule has 0 fully saturated rings. The Balaban J connectivity index is 2.32. The highest BCUT2D eigenvalue weighted by Gasteiger charge is 1.97. The van der Waals surface area contributed by atoms with Crippen LogP contribution in [0.25, 0.3) is 0 Å². The van der Waals surface area contributed by atoms with Crippen molar-refractivity contribution in [1.29, 1.82) is 5.26 Å². The quantitative estimate of drug-likeness (QED) is 0.825. The predicted molar refractivity (Wildman–Crippen MR) is 58.2 cm³/mol. The molecule has 0 radical (unpaired) electrons. The monoisotopic (exact) mass is 208 g/mol. The smallest absolute Gasteiger partial charge is 0.0924 e. The van der Waals surface area contributed by atoms with E-state index in [-0.39, 0.29) is 6.04 Å². The lowest BCUT2D eigenvalue weighted by Gasteiger charge is -2.05. The average Bonchev–Trinajstić information content (AvgIpc) is 2.21. The Morgan fingerprint density at radius 3 is 2.64 bits per heavy atom. The summed E-state index contributed by atoms with van der Waals surface area (Å²) in [5, 5.41) is 12.4. The summed E-state index contributed by atoms with van der Waals surface area (Å²) < 4.78 is 0. The zero-order chi connectivity index (χ0) is 10.4. The second-order valence-electron chi connectivity index (χ2n) is 3.18. The molecule has 0 spiro atoms. The highest BCUT2D eigenvalue weighted by Crippen LogP contribution is 2.09. The van der Waals surface area contributed by atoms with Crippen molar-refractivity contribution in [3.63, 3.8) is 0 Å². The van der Waals surface area contributed by atoms with Gasteiger partial charge in [-0.15, -0.1) is 0 Å². The van der Waals surface area contributed by atoms with Crippen LogP contribution in [-0.2, 0) is 6.42 Å². The molecule has 1 unspecified atom stereocenters. The molecule has 0 aromatic heterocycles. The summed E-state index contributed by atoms with van der Waals surface area (Å²) in [6.07, 6.45) is 0.920. The van der Waals surface area contributed by atoms with Gasteiger partial charge >= 0.3 is 0 Å². The van der Waals surface area contributed by atoms with E-state index in [0.29, 0.717) is 0 Å². The van der Waals surface area contributed by atoms with Crippen molar-refractivity contribution in [3.8, 4) is 6.07 Å². The topological polar surface area (TPSA) is 35.8 Å². The number of hydrogen-bond acceptors (Lipinski definition) is 2. The Hall–Kier alpha value is -1.04. The van der Waals surface area contributed by atoms with Crippen molar-refractivity contribution < 1.29 is 0 Å². The normalized spacial score (nSPS) is 12.1. The van der Waals surface area contributed by atoms with Gasteiger partial charge in [0.2, 0.25) is 0 Å². The van der Waals surface area contributed by atoms with Gasteiger partial charge in [-0.1, -0.05) is 23.7 Å². The van der Waals surface area contributed by atoms with E-state index in [1.54, 1.807) is 0 Å². The lowest BCUT2D eigenvalue weighted by Crippen LogP contribution is -2.26. The van der Waals surface area contributed by atoms with Crippen LogP contribution in [0.1, 0.15) is 12.5 Å². The lowest BCUT2D eigenvalue weighted by atomic mass is 10.1. The molecule has 74 valence electrons. The SMILES string of the molecule is CC(C#N)NCCc1ccc(Cl)cc1. The summed E-state index contributed by atoms with van der Waals surface area (Å²) in [6, 6.07) is 9.81. The van der Waals surface area contributed by atoms with Gasteiger partial charge in [-0.3, -0.25) is 0 Å². The number of nitrogens with zero attached hydrogens (tertiary/aromatic N) is 1. The number of benzene rings is 1. The maximum Gasteiger partial charge on any atom is 0.0924 e. The molecule has 1 N–H and O–H groups in total. The number of halogens is 1. The van der Waals surface area contributed by atoms with Crippen molar-refractivity contribution in [2.24, 2.45) is 0 Å². The van der Waals surface area contributed by atoms with Crippen LogP contribution in [0.3, 0.4) is 0 Å². The fraction of sp³-hybridized carbons (Fsp3) is 0.364. The Kier molecular flexibility index (Phi) is 4.45. The van der Waals surface area contributed by atoms with E-state index in [4.69, 9.17) is 16.9 Å². The fourth-order valence-corrected chi connectivity index (χ4v) is 1.26. The standard InChI is InChI=1S/C11H13ClN2/c1-9(8-13)14-7-6-10-2-4-11(12)5-3-10/h2-5,9,14H,6-7H2,1H3. The number of nitrogens with one attached hydrogen (secondary N) is 1. The first-order chi connectivity index (χ1) is 6.72. The molecular formula is C11H13ClN2. The Morgan fingerprint density at radius 1 is 1.43 bits per heavy atom. The first-order valence-electron chi connectivity index (χ1n) is 4.60. The largest absolute Gasteiger partial charge is 0.302 e. The van der Waals surface area contributed by atoms with Crippen molar-refractivity contribution >= 4 is 11.6 Å². The number of rotatable bonds is 4. The molecule has 0 aliphatic carbocycles. The van der Waals surface area contributed by atoms with Crippen LogP contribution in [0, 0.1) is 11.3 Å². The van der Waals surface area contributed by atoms with E-state index in [9.17, 15) is 0 Å². The summed E-state index contributed by atoms with van der Waals surface area (Å²) in [5.41, 5.74) is 1.23. The molecule has 0 saturated carbocycles. The molecule has 1 rings (SSSR count). The third-order valence-electron chi connectivity index (χ3n) is 1.97. The van der Waals surface area contributed by atoms with Gasteiger partial charge in [0.15, 0.2) is 0 Å². The molecule has 0 saturated heterocycles. The van der Waals surface area contributed by atoms with Gasteiger partial charge in [0.05, 0.1) is 12.1 Å². The lowest BCUT2D eigenvalue weighted by molar-refractivity contribution is 0.640. The third-order valence-corrected chi connectivity index (χ3v) is 2.22. The Bertz CT molecular complexity index is 313. The molecule has 3 heteroatoms. The summed E-state index contributed by atoms with van der Waals surface area (Å²) >= 11 is 5.76. The highest BCUT2D eigenvalue weighted by atomic mass is 35.5. The first-order valence-corrected chi connectivity index (χ1v) is 4.97. The van der Waals surface area contributed by atoms with E-state index in [1.165, 1.54) is 5.56 Å². The van der Waals surface area contributed by atoms with Crippen LogP contribution in [0.4, 0.5) is 0 Å². The van der Waals surface area contributed by atoms with Crippen LogP contribution in [0.15, 0.2) is 24.3 Å². The van der Waals surface area contributed by atoms with E-state index in [1.807, 2.05) is 31.2 Å². The van der Waals surface area contributed by atoms with E-state index >= 15 is 0 Å². The second kappa shape index (κ2) is 5.64. The summed E-state index contributed by atoms with van der Waals surface area (Å²) in [7, 11) is 0. The van der Waals surface area contributed by atoms with Crippen molar-refractivity contribution in [1.82, 2.24) is 5.32 Å². The summed E-state index contributed by atoms with van der Waals surface area (Å²) in [5.74, 6) is 0. The molecule has 1 aromatic carbocycles. The molecule has 0 aliphatic heterocycles. The molecule has 0 heterocycles. The summed E-state index contributed by atoms with van der Waals surface area (Å²) in [6.45, 7) is 2.66. The molecule has 0 aliphatic rings. The number of hydrogen-bond donors (Lipinski definition) is 1. The van der Waals surface area contributed by atoms with E-state index in [0.717, 1.165) is 18.0 Å². The minimum atomic E-state index is -0.0812. The van der Waals surface area contributed by atoms with Crippen LogP contribution in [0.5, 0.6) is 0 Å². The molecular weight excluding hydrogens is 196 g/mol. The molecule has 14 heavy (non-hydrogen) atoms. The van der Waals surface area contributed by atoms with Crippen molar-refractivity contribution in [2.75, 3.05) is 6.54 Å². The first kappa shape index (κ1) is 11.0. The zero-order valence-electron chi connectivity index (χ0n) is 8.13. The highest BCUT2D eigenvalue weighted by molar-refractivity contribution is 6.30. The maximum atomic E-state index is 8.54. The minimum Gasteiger partial charge on any atom is -0.302 e. The minimum absolute atomic E-state index is 0.0812. The van der Waals surface area contributed by atoms with Gasteiger partial charge in [-0.05, 0) is 31.0 Å². The average molecular weight is 209 g/mol. The van der Waals surface area contributed by atoms with Crippen molar-refractivity contribution in [2.45, 2.75) is 19.4 Å². The van der Waals surface area contributed by atoms with Gasteiger partial charge in [-0.2, -0.15) is 5.26 Å². The molecule has 1 atom stereocenters. The number of nitriles is 1. The zero-order valence-corrected chi connectivity index (χ0v) is 8.88. The maximum absolute atomic E-state index is 8.54. The van der Waals surface area contributed by atoms with Gasteiger partial charge in [0.25, 0.3) is 0 Å². The van der Waals surface area contributed by atoms with E-state index in [2.05, 4.69) is 11.4 Å². The van der Waals surface area contributed by atoms with Crippen LogP contribution in [-0.4, -0.2) is 12.6 Å². The van der Waals surface area contributed by atoms with Gasteiger partial charge in [0.1, 0.15) is 0 Å². The molecule has 2 nitrogen and oxygen atoms in total. The Labute approximate surface area is 89.5 Å². The fourth-order valence-electron chi connectivity index (χ4n) is 1.13. The van der Waals surface area contributed by atoms with E-state index < -0.39 is 0 Å². The van der Waals surface area contributed by atoms with Gasteiger partial charge < -0.3 is 5.32 Å². The molecule has 0 bridgehead atoms. The van der Waals surface area contributed by atoms with Crippen LogP contribution >= 0.6 is 11.6 Å². The van der Waals surface area contributed by atoms with Gasteiger partial charge in [-0.25, -0.2) is 0 Å². The van der Waals surface area contributed by atoms with Crippen molar-refractivity contribution in [3.05, 3.63) is 34.9 Å². The second-order valence-corrected chi connectivity index (χ2v) is 3.62. The van der Waals surface area contributed by atoms with Gasteiger partial charge in [0, 0.05) is 11.6 Å². The summed E-state index contributed by atoms with van der Waals surface area (Å²) in [4.78, 5) is 0. The van der Waals surface area contributed by atoms with Crippen LogP contribution in [0.2, 0.25) is 5.02 Å². The van der Waals surface area contributed by atoms with Crippen LogP contribution < -0.4 is 5.32 Å². The third kappa shape index (κ3) is 3.78. The Morgan fingerprint density at radius 2 is 2.07 bits per heavy atom. The predicted octanol–water partition coefficient (Wildman–Crippen LogP) is 2.38. The molecule has 0 amide bonds.